The van der Waals surface area contributed by atoms with Crippen molar-refractivity contribution in [3.63, 3.8) is 0 Å². The minimum absolute atomic E-state index is 0.242. The predicted octanol–water partition coefficient (Wildman–Crippen LogP) is 4.26. The number of nitrogens with zero attached hydrogens (tertiary/aromatic N) is 1. The van der Waals surface area contributed by atoms with E-state index in [2.05, 4.69) is 10.3 Å². The first-order valence-corrected chi connectivity index (χ1v) is 8.05. The average Bonchev–Trinajstić information content (AvgIpc) is 2.95. The molecule has 1 aromatic carbocycles. The molecule has 3 nitrogen and oxygen atoms in total. The van der Waals surface area contributed by atoms with E-state index in [1.165, 1.54) is 18.2 Å². The second kappa shape index (κ2) is 7.12. The summed E-state index contributed by atoms with van der Waals surface area (Å²) in [5, 5.41) is 5.44. The lowest BCUT2D eigenvalue weighted by Crippen LogP contribution is -2.28. The van der Waals surface area contributed by atoms with E-state index in [1.54, 1.807) is 11.3 Å². The molecular formula is C16H17F3N2OS. The highest BCUT2D eigenvalue weighted by molar-refractivity contribution is 7.09. The van der Waals surface area contributed by atoms with Gasteiger partial charge in [0.2, 0.25) is 0 Å². The fraction of sp³-hybridized carbons (Fsp3) is 0.375. The molecular weight excluding hydrogens is 325 g/mol. The summed E-state index contributed by atoms with van der Waals surface area (Å²) in [5.41, 5.74) is -0.447. The lowest BCUT2D eigenvalue weighted by Gasteiger charge is -2.12. The van der Waals surface area contributed by atoms with Crippen LogP contribution in [0, 0.1) is 0 Å². The van der Waals surface area contributed by atoms with Crippen LogP contribution in [0.2, 0.25) is 0 Å². The van der Waals surface area contributed by atoms with Crippen LogP contribution < -0.4 is 5.32 Å². The molecule has 7 heteroatoms. The Morgan fingerprint density at radius 3 is 2.61 bits per heavy atom. The van der Waals surface area contributed by atoms with Gasteiger partial charge in [-0.3, -0.25) is 4.79 Å². The number of carbonyl (C=O) groups excluding carboxylic acids is 1. The summed E-state index contributed by atoms with van der Waals surface area (Å²) >= 11 is 1.55. The van der Waals surface area contributed by atoms with Crippen molar-refractivity contribution < 1.29 is 18.0 Å². The number of rotatable bonds is 5. The standard InChI is InChI=1S/C16H17F3N2OS/c1-10(2)15-21-11(9-23-15)7-8-20-14(22)12-5-3-4-6-13(12)16(17,18)19/h3-6,9-10H,7-8H2,1-2H3,(H,20,22). The molecule has 124 valence electrons. The Bertz CT molecular complexity index is 680. The fourth-order valence-electron chi connectivity index (χ4n) is 2.03. The Labute approximate surface area is 136 Å². The number of alkyl halides is 3. The maximum Gasteiger partial charge on any atom is 0.417 e. The van der Waals surface area contributed by atoms with Gasteiger partial charge in [-0.25, -0.2) is 4.98 Å². The van der Waals surface area contributed by atoms with E-state index in [-0.39, 0.29) is 12.1 Å². The van der Waals surface area contributed by atoms with E-state index >= 15 is 0 Å². The number of thiazole rings is 1. The van der Waals surface area contributed by atoms with Crippen molar-refractivity contribution in [3.8, 4) is 0 Å². The number of hydrogen-bond acceptors (Lipinski definition) is 3. The molecule has 0 aliphatic heterocycles. The van der Waals surface area contributed by atoms with Crippen molar-refractivity contribution in [3.05, 3.63) is 51.5 Å². The van der Waals surface area contributed by atoms with E-state index in [0.29, 0.717) is 12.3 Å². The zero-order chi connectivity index (χ0) is 17.0. The molecule has 0 bridgehead atoms. The Morgan fingerprint density at radius 1 is 1.30 bits per heavy atom. The molecule has 2 aromatic rings. The maximum absolute atomic E-state index is 12.9. The highest BCUT2D eigenvalue weighted by Gasteiger charge is 2.34. The third-order valence-corrected chi connectivity index (χ3v) is 4.40. The van der Waals surface area contributed by atoms with Crippen LogP contribution in [0.25, 0.3) is 0 Å². The van der Waals surface area contributed by atoms with Crippen molar-refractivity contribution in [1.82, 2.24) is 10.3 Å². The van der Waals surface area contributed by atoms with Crippen molar-refractivity contribution in [2.75, 3.05) is 6.54 Å². The molecule has 2 rings (SSSR count). The van der Waals surface area contributed by atoms with E-state index in [9.17, 15) is 18.0 Å². The fourth-order valence-corrected chi connectivity index (χ4v) is 2.90. The van der Waals surface area contributed by atoms with Gasteiger partial charge in [-0.1, -0.05) is 26.0 Å². The predicted molar refractivity (Wildman–Crippen MR) is 83.7 cm³/mol. The second-order valence-corrected chi connectivity index (χ2v) is 6.27. The van der Waals surface area contributed by atoms with Gasteiger partial charge in [0.1, 0.15) is 0 Å². The molecule has 0 saturated heterocycles. The Hall–Kier alpha value is -1.89. The Morgan fingerprint density at radius 2 is 2.00 bits per heavy atom. The van der Waals surface area contributed by atoms with Crippen molar-refractivity contribution in [2.45, 2.75) is 32.4 Å². The summed E-state index contributed by atoms with van der Waals surface area (Å²) in [6, 6.07) is 4.77. The third-order valence-electron chi connectivity index (χ3n) is 3.21. The monoisotopic (exact) mass is 342 g/mol. The number of amides is 1. The number of benzene rings is 1. The highest BCUT2D eigenvalue weighted by Crippen LogP contribution is 2.31. The van der Waals surface area contributed by atoms with Crippen LogP contribution in [0.15, 0.2) is 29.6 Å². The summed E-state index contributed by atoms with van der Waals surface area (Å²) in [4.78, 5) is 16.4. The number of aromatic nitrogens is 1. The van der Waals surface area contributed by atoms with E-state index in [0.717, 1.165) is 16.8 Å². The lowest BCUT2D eigenvalue weighted by atomic mass is 10.1. The summed E-state index contributed by atoms with van der Waals surface area (Å²) in [6.07, 6.45) is -4.06. The Kier molecular flexibility index (Phi) is 5.41. The van der Waals surface area contributed by atoms with Crippen molar-refractivity contribution >= 4 is 17.2 Å². The van der Waals surface area contributed by atoms with Crippen LogP contribution in [0.4, 0.5) is 13.2 Å². The van der Waals surface area contributed by atoms with Crippen LogP contribution >= 0.6 is 11.3 Å². The minimum Gasteiger partial charge on any atom is -0.352 e. The molecule has 1 heterocycles. The smallest absolute Gasteiger partial charge is 0.352 e. The first kappa shape index (κ1) is 17.5. The van der Waals surface area contributed by atoms with Crippen molar-refractivity contribution in [1.29, 1.82) is 0 Å². The number of hydrogen-bond donors (Lipinski definition) is 1. The lowest BCUT2D eigenvalue weighted by molar-refractivity contribution is -0.137. The van der Waals surface area contributed by atoms with Gasteiger partial charge in [0.25, 0.3) is 5.91 Å². The molecule has 23 heavy (non-hydrogen) atoms. The molecule has 1 amide bonds. The second-order valence-electron chi connectivity index (χ2n) is 5.38. The van der Waals surface area contributed by atoms with Gasteiger partial charge in [-0.15, -0.1) is 11.3 Å². The van der Waals surface area contributed by atoms with Gasteiger partial charge in [0, 0.05) is 24.3 Å². The highest BCUT2D eigenvalue weighted by atomic mass is 32.1. The van der Waals surface area contributed by atoms with Crippen LogP contribution in [0.5, 0.6) is 0 Å². The quantitative estimate of drug-likeness (QED) is 0.882. The van der Waals surface area contributed by atoms with E-state index < -0.39 is 17.6 Å². The van der Waals surface area contributed by atoms with Gasteiger partial charge < -0.3 is 5.32 Å². The molecule has 0 unspecified atom stereocenters. The molecule has 0 radical (unpaired) electrons. The summed E-state index contributed by atoms with van der Waals surface area (Å²) in [6.45, 7) is 4.32. The molecule has 0 spiro atoms. The van der Waals surface area contributed by atoms with E-state index in [4.69, 9.17) is 0 Å². The molecule has 0 fully saturated rings. The number of carbonyl (C=O) groups is 1. The van der Waals surface area contributed by atoms with Crippen LogP contribution in [0.3, 0.4) is 0 Å². The van der Waals surface area contributed by atoms with Crippen molar-refractivity contribution in [2.24, 2.45) is 0 Å². The molecule has 0 aliphatic rings. The molecule has 0 aliphatic carbocycles. The SMILES string of the molecule is CC(C)c1nc(CCNC(=O)c2ccccc2C(F)(F)F)cs1. The van der Waals surface area contributed by atoms with Gasteiger partial charge in [0.15, 0.2) is 0 Å². The first-order chi connectivity index (χ1) is 10.8. The Balaban J connectivity index is 1.97. The van der Waals surface area contributed by atoms with Crippen LogP contribution in [0.1, 0.15) is 46.4 Å². The van der Waals surface area contributed by atoms with Crippen LogP contribution in [-0.2, 0) is 12.6 Å². The maximum atomic E-state index is 12.9. The van der Waals surface area contributed by atoms with Gasteiger partial charge >= 0.3 is 6.18 Å². The normalized spacial score (nSPS) is 11.7. The number of nitrogens with one attached hydrogen (secondary N) is 1. The van der Waals surface area contributed by atoms with Gasteiger partial charge in [-0.2, -0.15) is 13.2 Å². The summed E-state index contributed by atoms with van der Waals surface area (Å²) in [7, 11) is 0. The molecule has 1 aromatic heterocycles. The van der Waals surface area contributed by atoms with Crippen LogP contribution in [-0.4, -0.2) is 17.4 Å². The van der Waals surface area contributed by atoms with Gasteiger partial charge in [0.05, 0.1) is 21.8 Å². The summed E-state index contributed by atoms with van der Waals surface area (Å²) in [5.74, 6) is -0.390. The molecule has 0 atom stereocenters. The molecule has 1 N–H and O–H groups in total. The first-order valence-electron chi connectivity index (χ1n) is 7.17. The topological polar surface area (TPSA) is 42.0 Å². The minimum atomic E-state index is -4.55. The third kappa shape index (κ3) is 4.54. The zero-order valence-electron chi connectivity index (χ0n) is 12.8. The largest absolute Gasteiger partial charge is 0.417 e. The van der Waals surface area contributed by atoms with Gasteiger partial charge in [-0.05, 0) is 12.1 Å². The average molecular weight is 342 g/mol. The van der Waals surface area contributed by atoms with E-state index in [1.807, 2.05) is 19.2 Å². The zero-order valence-corrected chi connectivity index (χ0v) is 13.6. The molecule has 0 saturated carbocycles. The number of halogens is 3. The summed E-state index contributed by atoms with van der Waals surface area (Å²) < 4.78 is 38.7.